The van der Waals surface area contributed by atoms with Crippen LogP contribution in [0.1, 0.15) is 39.0 Å². The Kier molecular flexibility index (Phi) is 5.60. The van der Waals surface area contributed by atoms with Gasteiger partial charge in [0.1, 0.15) is 6.61 Å². The van der Waals surface area contributed by atoms with E-state index in [1.54, 1.807) is 0 Å². The molecule has 0 radical (unpaired) electrons. The van der Waals surface area contributed by atoms with E-state index < -0.39 is 0 Å². The van der Waals surface area contributed by atoms with Crippen LogP contribution in [0.3, 0.4) is 0 Å². The third kappa shape index (κ3) is 4.09. The summed E-state index contributed by atoms with van der Waals surface area (Å²) in [5.41, 5.74) is 0. The summed E-state index contributed by atoms with van der Waals surface area (Å²) in [4.78, 5) is 13.6. The minimum atomic E-state index is 0.161. The maximum Gasteiger partial charge on any atom is 0.248 e. The molecule has 3 heteroatoms. The van der Waals surface area contributed by atoms with Crippen molar-refractivity contribution >= 4 is 5.91 Å². The molecule has 0 bridgehead atoms. The van der Waals surface area contributed by atoms with Gasteiger partial charge in [0.2, 0.25) is 5.91 Å². The first-order chi connectivity index (χ1) is 6.84. The molecule has 82 valence electrons. The van der Waals surface area contributed by atoms with Gasteiger partial charge >= 0.3 is 0 Å². The van der Waals surface area contributed by atoms with Crippen LogP contribution in [-0.2, 0) is 9.53 Å². The summed E-state index contributed by atoms with van der Waals surface area (Å²) < 4.78 is 5.13. The van der Waals surface area contributed by atoms with Gasteiger partial charge in [-0.2, -0.15) is 0 Å². The molecule has 1 heterocycles. The monoisotopic (exact) mass is 199 g/mol. The van der Waals surface area contributed by atoms with E-state index in [1.165, 1.54) is 19.3 Å². The molecule has 0 saturated carbocycles. The highest BCUT2D eigenvalue weighted by Crippen LogP contribution is 2.10. The molecular weight excluding hydrogens is 178 g/mol. The van der Waals surface area contributed by atoms with Crippen LogP contribution in [0.4, 0.5) is 0 Å². The van der Waals surface area contributed by atoms with E-state index in [1.807, 2.05) is 11.8 Å². The van der Waals surface area contributed by atoms with E-state index in [0.717, 1.165) is 25.9 Å². The predicted molar refractivity (Wildman–Crippen MR) is 56.2 cm³/mol. The lowest BCUT2D eigenvalue weighted by atomic mass is 10.1. The number of amides is 1. The first kappa shape index (κ1) is 11.5. The number of rotatable bonds is 3. The molecule has 1 aliphatic rings. The van der Waals surface area contributed by atoms with Crippen molar-refractivity contribution in [2.45, 2.75) is 39.0 Å². The molecule has 0 spiro atoms. The summed E-state index contributed by atoms with van der Waals surface area (Å²) in [6.07, 6.45) is 6.15. The Hall–Kier alpha value is -0.570. The highest BCUT2D eigenvalue weighted by molar-refractivity contribution is 5.77. The zero-order chi connectivity index (χ0) is 10.2. The van der Waals surface area contributed by atoms with Crippen LogP contribution >= 0.6 is 0 Å². The average Bonchev–Trinajstić information content (AvgIpc) is 2.13. The highest BCUT2D eigenvalue weighted by atomic mass is 16.5. The predicted octanol–water partition coefficient (Wildman–Crippen LogP) is 1.82. The lowest BCUT2D eigenvalue weighted by Gasteiger charge is -2.24. The number of nitrogens with zero attached hydrogens (tertiary/aromatic N) is 1. The third-order valence-electron chi connectivity index (χ3n) is 2.64. The van der Waals surface area contributed by atoms with Gasteiger partial charge in [0.25, 0.3) is 0 Å². The van der Waals surface area contributed by atoms with Gasteiger partial charge in [-0.25, -0.2) is 0 Å². The van der Waals surface area contributed by atoms with Crippen LogP contribution < -0.4 is 0 Å². The van der Waals surface area contributed by atoms with Gasteiger partial charge in [0.05, 0.1) is 0 Å². The van der Waals surface area contributed by atoms with Crippen molar-refractivity contribution in [2.24, 2.45) is 0 Å². The number of hydrogen-bond donors (Lipinski definition) is 0. The molecule has 1 rings (SSSR count). The zero-order valence-corrected chi connectivity index (χ0v) is 9.13. The second-order valence-corrected chi connectivity index (χ2v) is 3.79. The maximum atomic E-state index is 11.6. The molecular formula is C11H21NO2. The first-order valence-corrected chi connectivity index (χ1v) is 5.70. The quantitative estimate of drug-likeness (QED) is 0.694. The van der Waals surface area contributed by atoms with Crippen molar-refractivity contribution in [2.75, 3.05) is 26.3 Å². The molecule has 14 heavy (non-hydrogen) atoms. The smallest absolute Gasteiger partial charge is 0.248 e. The van der Waals surface area contributed by atoms with Crippen LogP contribution in [-0.4, -0.2) is 37.1 Å². The van der Waals surface area contributed by atoms with Gasteiger partial charge in [0, 0.05) is 19.7 Å². The minimum absolute atomic E-state index is 0.161. The summed E-state index contributed by atoms with van der Waals surface area (Å²) >= 11 is 0. The van der Waals surface area contributed by atoms with Gasteiger partial charge in [-0.15, -0.1) is 0 Å². The van der Waals surface area contributed by atoms with Crippen LogP contribution in [0.5, 0.6) is 0 Å². The van der Waals surface area contributed by atoms with Gasteiger partial charge < -0.3 is 9.64 Å². The van der Waals surface area contributed by atoms with Crippen molar-refractivity contribution < 1.29 is 9.53 Å². The van der Waals surface area contributed by atoms with E-state index in [9.17, 15) is 4.79 Å². The summed E-state index contributed by atoms with van der Waals surface area (Å²) in [6, 6.07) is 0. The van der Waals surface area contributed by atoms with Gasteiger partial charge in [0.15, 0.2) is 0 Å². The summed E-state index contributed by atoms with van der Waals surface area (Å²) in [5.74, 6) is 0.161. The molecule has 1 aliphatic heterocycles. The summed E-state index contributed by atoms with van der Waals surface area (Å²) in [7, 11) is 0. The zero-order valence-electron chi connectivity index (χ0n) is 9.13. The van der Waals surface area contributed by atoms with Gasteiger partial charge in [-0.1, -0.05) is 19.3 Å². The standard InChI is InChI=1S/C11H21NO2/c1-2-14-10-11(13)12-8-6-4-3-5-7-9-12/h2-10H2,1H3. The largest absolute Gasteiger partial charge is 0.372 e. The fraction of sp³-hybridized carbons (Fsp3) is 0.909. The Morgan fingerprint density at radius 3 is 2.29 bits per heavy atom. The van der Waals surface area contributed by atoms with Crippen LogP contribution in [0.25, 0.3) is 0 Å². The molecule has 0 N–H and O–H groups in total. The van der Waals surface area contributed by atoms with Gasteiger partial charge in [-0.05, 0) is 19.8 Å². The topological polar surface area (TPSA) is 29.5 Å². The molecule has 1 amide bonds. The van der Waals surface area contributed by atoms with Crippen molar-refractivity contribution in [3.63, 3.8) is 0 Å². The van der Waals surface area contributed by atoms with E-state index in [4.69, 9.17) is 4.74 Å². The molecule has 0 atom stereocenters. The fourth-order valence-electron chi connectivity index (χ4n) is 1.78. The third-order valence-corrected chi connectivity index (χ3v) is 2.64. The normalized spacial score (nSPS) is 18.8. The number of likely N-dealkylation sites (tertiary alicyclic amines) is 1. The van der Waals surface area contributed by atoms with Crippen molar-refractivity contribution in [3.8, 4) is 0 Å². The first-order valence-electron chi connectivity index (χ1n) is 5.70. The van der Waals surface area contributed by atoms with E-state index in [0.29, 0.717) is 6.61 Å². The Labute approximate surface area is 86.4 Å². The number of carbonyl (C=O) groups is 1. The molecule has 1 saturated heterocycles. The molecule has 0 aromatic rings. The minimum Gasteiger partial charge on any atom is -0.372 e. The maximum absolute atomic E-state index is 11.6. The Balaban J connectivity index is 2.27. The van der Waals surface area contributed by atoms with E-state index in [-0.39, 0.29) is 12.5 Å². The molecule has 0 aromatic carbocycles. The van der Waals surface area contributed by atoms with Crippen molar-refractivity contribution in [3.05, 3.63) is 0 Å². The lowest BCUT2D eigenvalue weighted by Crippen LogP contribution is -2.36. The fourth-order valence-corrected chi connectivity index (χ4v) is 1.78. The number of hydrogen-bond acceptors (Lipinski definition) is 2. The van der Waals surface area contributed by atoms with Crippen LogP contribution in [0.2, 0.25) is 0 Å². The van der Waals surface area contributed by atoms with E-state index in [2.05, 4.69) is 0 Å². The second kappa shape index (κ2) is 6.82. The Bertz CT molecular complexity index is 163. The lowest BCUT2D eigenvalue weighted by molar-refractivity contribution is -0.136. The SMILES string of the molecule is CCOCC(=O)N1CCCCCCC1. The van der Waals surface area contributed by atoms with Crippen LogP contribution in [0, 0.1) is 0 Å². The number of ether oxygens (including phenoxy) is 1. The molecule has 1 fully saturated rings. The highest BCUT2D eigenvalue weighted by Gasteiger charge is 2.13. The number of carbonyl (C=O) groups excluding carboxylic acids is 1. The van der Waals surface area contributed by atoms with E-state index >= 15 is 0 Å². The summed E-state index contributed by atoms with van der Waals surface area (Å²) in [6.45, 7) is 4.65. The second-order valence-electron chi connectivity index (χ2n) is 3.79. The Morgan fingerprint density at radius 2 is 1.71 bits per heavy atom. The molecule has 0 aromatic heterocycles. The van der Waals surface area contributed by atoms with Gasteiger partial charge in [-0.3, -0.25) is 4.79 Å². The molecule has 3 nitrogen and oxygen atoms in total. The average molecular weight is 199 g/mol. The Morgan fingerprint density at radius 1 is 1.14 bits per heavy atom. The van der Waals surface area contributed by atoms with Crippen molar-refractivity contribution in [1.29, 1.82) is 0 Å². The molecule has 0 aliphatic carbocycles. The van der Waals surface area contributed by atoms with Crippen LogP contribution in [0.15, 0.2) is 0 Å². The molecule has 0 unspecified atom stereocenters. The van der Waals surface area contributed by atoms with Crippen molar-refractivity contribution in [1.82, 2.24) is 4.90 Å². The summed E-state index contributed by atoms with van der Waals surface area (Å²) in [5, 5.41) is 0.